The standard InChI is InChI=1S/C13H17BrN4/c1-13(2,3)15-8-12-9-16-17-18(12)11-6-4-10(14)5-7-11/h4-7,9,15H,8H2,1-3H3. The summed E-state index contributed by atoms with van der Waals surface area (Å²) in [6.07, 6.45) is 1.79. The number of halogens is 1. The quantitative estimate of drug-likeness (QED) is 0.948. The molecular weight excluding hydrogens is 292 g/mol. The highest BCUT2D eigenvalue weighted by atomic mass is 79.9. The van der Waals surface area contributed by atoms with E-state index >= 15 is 0 Å². The van der Waals surface area contributed by atoms with Gasteiger partial charge in [-0.2, -0.15) is 0 Å². The summed E-state index contributed by atoms with van der Waals surface area (Å²) in [7, 11) is 0. The van der Waals surface area contributed by atoms with Gasteiger partial charge in [0.2, 0.25) is 0 Å². The van der Waals surface area contributed by atoms with E-state index in [1.54, 1.807) is 6.20 Å². The van der Waals surface area contributed by atoms with E-state index in [1.807, 2.05) is 28.9 Å². The van der Waals surface area contributed by atoms with Crippen LogP contribution in [0.1, 0.15) is 26.5 Å². The van der Waals surface area contributed by atoms with E-state index in [2.05, 4.69) is 52.3 Å². The average Bonchev–Trinajstić information content (AvgIpc) is 2.75. The Morgan fingerprint density at radius 3 is 2.50 bits per heavy atom. The normalized spacial score (nSPS) is 11.8. The fourth-order valence-electron chi connectivity index (χ4n) is 1.53. The third kappa shape index (κ3) is 3.40. The van der Waals surface area contributed by atoms with E-state index in [9.17, 15) is 0 Å². The second kappa shape index (κ2) is 5.20. The van der Waals surface area contributed by atoms with Crippen LogP contribution in [-0.2, 0) is 6.54 Å². The first-order chi connectivity index (χ1) is 8.46. The zero-order valence-corrected chi connectivity index (χ0v) is 12.4. The Labute approximate surface area is 116 Å². The zero-order chi connectivity index (χ0) is 13.2. The lowest BCUT2D eigenvalue weighted by molar-refractivity contribution is 0.418. The molecule has 0 bridgehead atoms. The zero-order valence-electron chi connectivity index (χ0n) is 10.8. The maximum Gasteiger partial charge on any atom is 0.0783 e. The van der Waals surface area contributed by atoms with Crippen LogP contribution in [0.5, 0.6) is 0 Å². The van der Waals surface area contributed by atoms with Crippen LogP contribution in [0.3, 0.4) is 0 Å². The van der Waals surface area contributed by atoms with E-state index in [1.165, 1.54) is 0 Å². The third-order valence-electron chi connectivity index (χ3n) is 2.49. The van der Waals surface area contributed by atoms with Crippen molar-refractivity contribution in [3.05, 3.63) is 40.6 Å². The molecule has 0 radical (unpaired) electrons. The summed E-state index contributed by atoms with van der Waals surface area (Å²) in [5.74, 6) is 0. The van der Waals surface area contributed by atoms with Crippen LogP contribution >= 0.6 is 15.9 Å². The van der Waals surface area contributed by atoms with E-state index in [0.29, 0.717) is 0 Å². The van der Waals surface area contributed by atoms with Gasteiger partial charge in [-0.25, -0.2) is 4.68 Å². The SMILES string of the molecule is CC(C)(C)NCc1cnnn1-c1ccc(Br)cc1. The number of hydrogen-bond donors (Lipinski definition) is 1. The molecule has 2 aromatic rings. The lowest BCUT2D eigenvalue weighted by Gasteiger charge is -2.20. The molecule has 0 fully saturated rings. The average molecular weight is 309 g/mol. The highest BCUT2D eigenvalue weighted by Crippen LogP contribution is 2.15. The molecule has 0 saturated heterocycles. The van der Waals surface area contributed by atoms with Crippen molar-refractivity contribution in [3.63, 3.8) is 0 Å². The first-order valence-electron chi connectivity index (χ1n) is 5.86. The molecule has 0 spiro atoms. The molecule has 0 saturated carbocycles. The molecule has 1 aromatic heterocycles. The van der Waals surface area contributed by atoms with Gasteiger partial charge in [-0.3, -0.25) is 0 Å². The van der Waals surface area contributed by atoms with E-state index in [4.69, 9.17) is 0 Å². The molecule has 0 unspecified atom stereocenters. The summed E-state index contributed by atoms with van der Waals surface area (Å²) in [5, 5.41) is 11.5. The van der Waals surface area contributed by atoms with Crippen LogP contribution in [0.4, 0.5) is 0 Å². The minimum Gasteiger partial charge on any atom is -0.306 e. The van der Waals surface area contributed by atoms with Gasteiger partial charge in [-0.15, -0.1) is 5.10 Å². The summed E-state index contributed by atoms with van der Waals surface area (Å²) in [6, 6.07) is 8.02. The number of aromatic nitrogens is 3. The Hall–Kier alpha value is -1.20. The molecule has 0 amide bonds. The van der Waals surface area contributed by atoms with Crippen molar-refractivity contribution in [2.75, 3.05) is 0 Å². The number of rotatable bonds is 3. The third-order valence-corrected chi connectivity index (χ3v) is 3.02. The molecule has 1 aromatic carbocycles. The Morgan fingerprint density at radius 2 is 1.89 bits per heavy atom. The van der Waals surface area contributed by atoms with Crippen molar-refractivity contribution in [1.82, 2.24) is 20.3 Å². The minimum atomic E-state index is 0.0782. The van der Waals surface area contributed by atoms with E-state index in [-0.39, 0.29) is 5.54 Å². The second-order valence-corrected chi connectivity index (χ2v) is 6.13. The Kier molecular flexibility index (Phi) is 3.82. The smallest absolute Gasteiger partial charge is 0.0783 e. The summed E-state index contributed by atoms with van der Waals surface area (Å²) in [4.78, 5) is 0. The maximum absolute atomic E-state index is 4.13. The highest BCUT2D eigenvalue weighted by molar-refractivity contribution is 9.10. The molecule has 5 heteroatoms. The van der Waals surface area contributed by atoms with Gasteiger partial charge in [0.1, 0.15) is 0 Å². The van der Waals surface area contributed by atoms with Gasteiger partial charge in [-0.1, -0.05) is 21.1 Å². The first-order valence-corrected chi connectivity index (χ1v) is 6.65. The molecule has 0 aliphatic rings. The summed E-state index contributed by atoms with van der Waals surface area (Å²) in [5.41, 5.74) is 2.14. The Balaban J connectivity index is 2.20. The van der Waals surface area contributed by atoms with E-state index < -0.39 is 0 Å². The maximum atomic E-state index is 4.13. The van der Waals surface area contributed by atoms with Crippen LogP contribution in [-0.4, -0.2) is 20.5 Å². The second-order valence-electron chi connectivity index (χ2n) is 5.22. The topological polar surface area (TPSA) is 42.7 Å². The number of nitrogens with zero attached hydrogens (tertiary/aromatic N) is 3. The van der Waals surface area contributed by atoms with Crippen molar-refractivity contribution in [2.24, 2.45) is 0 Å². The first kappa shape index (κ1) is 13.2. The van der Waals surface area contributed by atoms with Crippen LogP contribution in [0, 0.1) is 0 Å². The molecular formula is C13H17BrN4. The largest absolute Gasteiger partial charge is 0.306 e. The fourth-order valence-corrected chi connectivity index (χ4v) is 1.80. The predicted octanol–water partition coefficient (Wildman–Crippen LogP) is 2.92. The molecule has 18 heavy (non-hydrogen) atoms. The number of hydrogen-bond acceptors (Lipinski definition) is 3. The predicted molar refractivity (Wildman–Crippen MR) is 75.7 cm³/mol. The molecule has 0 aliphatic heterocycles. The molecule has 0 atom stereocenters. The lowest BCUT2D eigenvalue weighted by atomic mass is 10.1. The van der Waals surface area contributed by atoms with Crippen molar-refractivity contribution in [2.45, 2.75) is 32.9 Å². The highest BCUT2D eigenvalue weighted by Gasteiger charge is 2.12. The molecule has 2 rings (SSSR count). The molecule has 96 valence electrons. The number of nitrogens with one attached hydrogen (secondary N) is 1. The van der Waals surface area contributed by atoms with Crippen molar-refractivity contribution >= 4 is 15.9 Å². The van der Waals surface area contributed by atoms with Gasteiger partial charge >= 0.3 is 0 Å². The van der Waals surface area contributed by atoms with Gasteiger partial charge in [0.05, 0.1) is 17.6 Å². The monoisotopic (exact) mass is 308 g/mol. The van der Waals surface area contributed by atoms with Crippen molar-refractivity contribution in [3.8, 4) is 5.69 Å². The van der Waals surface area contributed by atoms with Gasteiger partial charge in [0, 0.05) is 16.6 Å². The molecule has 1 heterocycles. The van der Waals surface area contributed by atoms with Crippen LogP contribution < -0.4 is 5.32 Å². The van der Waals surface area contributed by atoms with Crippen LogP contribution in [0.2, 0.25) is 0 Å². The lowest BCUT2D eigenvalue weighted by Crippen LogP contribution is -2.35. The summed E-state index contributed by atoms with van der Waals surface area (Å²) in [6.45, 7) is 7.16. The molecule has 0 aliphatic carbocycles. The Morgan fingerprint density at radius 1 is 1.22 bits per heavy atom. The van der Waals surface area contributed by atoms with Gasteiger partial charge in [0.25, 0.3) is 0 Å². The van der Waals surface area contributed by atoms with Crippen molar-refractivity contribution < 1.29 is 0 Å². The van der Waals surface area contributed by atoms with Crippen molar-refractivity contribution in [1.29, 1.82) is 0 Å². The van der Waals surface area contributed by atoms with E-state index in [0.717, 1.165) is 22.4 Å². The van der Waals surface area contributed by atoms with Crippen LogP contribution in [0.15, 0.2) is 34.9 Å². The van der Waals surface area contributed by atoms with Gasteiger partial charge < -0.3 is 5.32 Å². The fraction of sp³-hybridized carbons (Fsp3) is 0.385. The summed E-state index contributed by atoms with van der Waals surface area (Å²) >= 11 is 3.43. The minimum absolute atomic E-state index is 0.0782. The Bertz CT molecular complexity index is 511. The number of benzene rings is 1. The molecule has 1 N–H and O–H groups in total. The van der Waals surface area contributed by atoms with Gasteiger partial charge in [0.15, 0.2) is 0 Å². The van der Waals surface area contributed by atoms with Gasteiger partial charge in [-0.05, 0) is 45.0 Å². The van der Waals surface area contributed by atoms with Crippen LogP contribution in [0.25, 0.3) is 5.69 Å². The molecule has 4 nitrogen and oxygen atoms in total. The summed E-state index contributed by atoms with van der Waals surface area (Å²) < 4.78 is 2.91.